The molecule has 0 spiro atoms. The second-order valence-electron chi connectivity index (χ2n) is 14.2. The molecule has 1 heterocycles. The summed E-state index contributed by atoms with van der Waals surface area (Å²) < 4.78 is 2.37. The van der Waals surface area contributed by atoms with Crippen LogP contribution in [-0.2, 0) is 5.41 Å². The Morgan fingerprint density at radius 1 is 0.327 bits per heavy atom. The Labute approximate surface area is 287 Å². The molecule has 0 bridgehead atoms. The van der Waals surface area contributed by atoms with Crippen molar-refractivity contribution < 1.29 is 0 Å². The maximum atomic E-state index is 2.37. The first-order chi connectivity index (χ1) is 24.0. The summed E-state index contributed by atoms with van der Waals surface area (Å²) in [4.78, 5) is 0. The van der Waals surface area contributed by atoms with Crippen molar-refractivity contribution in [1.29, 1.82) is 0 Å². The van der Waals surface area contributed by atoms with Gasteiger partial charge in [-0.25, -0.2) is 0 Å². The van der Waals surface area contributed by atoms with E-state index < -0.39 is 0 Å². The summed E-state index contributed by atoms with van der Waals surface area (Å²) >= 11 is 0. The lowest BCUT2D eigenvalue weighted by atomic mass is 9.83. The molecule has 0 saturated carbocycles. The molecule has 0 aliphatic rings. The normalized spacial score (nSPS) is 12.0. The van der Waals surface area contributed by atoms with Gasteiger partial charge in [0.05, 0.1) is 11.0 Å². The molecule has 0 atom stereocenters. The predicted molar refractivity (Wildman–Crippen MR) is 211 cm³/mol. The highest BCUT2D eigenvalue weighted by molar-refractivity contribution is 6.21. The summed E-state index contributed by atoms with van der Waals surface area (Å²) in [5.74, 6) is 0. The second kappa shape index (κ2) is 11.4. The van der Waals surface area contributed by atoms with Crippen molar-refractivity contribution in [2.45, 2.75) is 26.2 Å². The average Bonchev–Trinajstić information content (AvgIpc) is 3.48. The summed E-state index contributed by atoms with van der Waals surface area (Å²) in [6, 6.07) is 62.5. The number of fused-ring (bicyclic) bond motifs is 5. The Balaban J connectivity index is 1.12. The zero-order valence-electron chi connectivity index (χ0n) is 28.1. The minimum absolute atomic E-state index is 0.118. The van der Waals surface area contributed by atoms with Crippen LogP contribution >= 0.6 is 0 Å². The van der Waals surface area contributed by atoms with E-state index in [9.17, 15) is 0 Å². The van der Waals surface area contributed by atoms with Gasteiger partial charge in [0, 0.05) is 16.5 Å². The third-order valence-electron chi connectivity index (χ3n) is 10.2. The summed E-state index contributed by atoms with van der Waals surface area (Å²) in [5.41, 5.74) is 12.6. The molecule has 9 aromatic rings. The fourth-order valence-electron chi connectivity index (χ4n) is 7.72. The Kier molecular flexibility index (Phi) is 6.78. The number of benzene rings is 8. The zero-order valence-corrected chi connectivity index (χ0v) is 28.1. The SMILES string of the molecule is CC(C)(C)c1ccc(-c2c3ccccc3c(-c3ccc(-c4ccc(-n5c6ccccc6c6ccccc65)cc4)cc3)c3ccccc23)cc1. The number of hydrogen-bond donors (Lipinski definition) is 0. The average molecular weight is 628 g/mol. The summed E-state index contributed by atoms with van der Waals surface area (Å²) in [6.07, 6.45) is 0. The molecule has 1 heteroatoms. The molecule has 0 radical (unpaired) electrons. The highest BCUT2D eigenvalue weighted by atomic mass is 15.0. The van der Waals surface area contributed by atoms with Crippen LogP contribution in [-0.4, -0.2) is 4.57 Å². The predicted octanol–water partition coefficient (Wildman–Crippen LogP) is 13.4. The summed E-state index contributed by atoms with van der Waals surface area (Å²) in [5, 5.41) is 7.68. The van der Waals surface area contributed by atoms with Crippen molar-refractivity contribution in [3.05, 3.63) is 175 Å². The van der Waals surface area contributed by atoms with Crippen LogP contribution in [0.4, 0.5) is 0 Å². The highest BCUT2D eigenvalue weighted by Crippen LogP contribution is 2.44. The van der Waals surface area contributed by atoms with Crippen LogP contribution in [0.25, 0.3) is 82.4 Å². The highest BCUT2D eigenvalue weighted by Gasteiger charge is 2.18. The van der Waals surface area contributed by atoms with E-state index in [2.05, 4.69) is 195 Å². The molecule has 234 valence electrons. The van der Waals surface area contributed by atoms with Gasteiger partial charge in [0.2, 0.25) is 0 Å². The van der Waals surface area contributed by atoms with Gasteiger partial charge in [-0.1, -0.05) is 166 Å². The van der Waals surface area contributed by atoms with Gasteiger partial charge >= 0.3 is 0 Å². The van der Waals surface area contributed by atoms with E-state index >= 15 is 0 Å². The molecule has 0 fully saturated rings. The first-order valence-electron chi connectivity index (χ1n) is 17.2. The number of hydrogen-bond acceptors (Lipinski definition) is 0. The van der Waals surface area contributed by atoms with Gasteiger partial charge in [0.1, 0.15) is 0 Å². The van der Waals surface area contributed by atoms with Crippen molar-refractivity contribution >= 4 is 43.4 Å². The third kappa shape index (κ3) is 4.85. The van der Waals surface area contributed by atoms with E-state index in [0.717, 1.165) is 0 Å². The van der Waals surface area contributed by atoms with Crippen LogP contribution in [0, 0.1) is 0 Å². The van der Waals surface area contributed by atoms with Gasteiger partial charge in [-0.15, -0.1) is 0 Å². The molecule has 0 unspecified atom stereocenters. The maximum absolute atomic E-state index is 2.37. The van der Waals surface area contributed by atoms with E-state index in [1.165, 1.54) is 88.0 Å². The van der Waals surface area contributed by atoms with E-state index in [1.807, 2.05) is 0 Å². The van der Waals surface area contributed by atoms with Crippen molar-refractivity contribution in [2.75, 3.05) is 0 Å². The first-order valence-corrected chi connectivity index (χ1v) is 17.2. The van der Waals surface area contributed by atoms with Gasteiger partial charge in [0.15, 0.2) is 0 Å². The van der Waals surface area contributed by atoms with Gasteiger partial charge in [-0.05, 0) is 90.2 Å². The van der Waals surface area contributed by atoms with Crippen LogP contribution < -0.4 is 0 Å². The Morgan fingerprint density at radius 2 is 0.653 bits per heavy atom. The molecule has 0 saturated heterocycles. The zero-order chi connectivity index (χ0) is 33.1. The molecule has 0 aliphatic heterocycles. The van der Waals surface area contributed by atoms with Gasteiger partial charge in [0.25, 0.3) is 0 Å². The number of aromatic nitrogens is 1. The van der Waals surface area contributed by atoms with E-state index in [-0.39, 0.29) is 5.41 Å². The van der Waals surface area contributed by atoms with Crippen LogP contribution in [0.3, 0.4) is 0 Å². The van der Waals surface area contributed by atoms with Gasteiger partial charge in [-0.3, -0.25) is 0 Å². The standard InChI is InChI=1S/C48H37N/c1-48(2,3)36-28-24-35(25-29-36)47-42-16-6-4-14-40(42)46(41-15-5-7-17-43(41)47)34-22-20-32(21-23-34)33-26-30-37(31-27-33)49-44-18-10-8-12-38(44)39-13-9-11-19-45(39)49/h4-31H,1-3H3. The van der Waals surface area contributed by atoms with Gasteiger partial charge < -0.3 is 4.57 Å². The largest absolute Gasteiger partial charge is 0.309 e. The molecule has 1 aromatic heterocycles. The van der Waals surface area contributed by atoms with Crippen molar-refractivity contribution in [3.63, 3.8) is 0 Å². The van der Waals surface area contributed by atoms with Gasteiger partial charge in [-0.2, -0.15) is 0 Å². The number of para-hydroxylation sites is 2. The van der Waals surface area contributed by atoms with Crippen LogP contribution in [0.5, 0.6) is 0 Å². The Hall–Kier alpha value is -5.92. The summed E-state index contributed by atoms with van der Waals surface area (Å²) in [6.45, 7) is 6.82. The fraction of sp³-hybridized carbons (Fsp3) is 0.0833. The molecular formula is C48H37N. The monoisotopic (exact) mass is 627 g/mol. The minimum atomic E-state index is 0.118. The van der Waals surface area contributed by atoms with E-state index in [0.29, 0.717) is 0 Å². The molecular weight excluding hydrogens is 591 g/mol. The third-order valence-corrected chi connectivity index (χ3v) is 10.2. The number of nitrogens with zero attached hydrogens (tertiary/aromatic N) is 1. The quantitative estimate of drug-likeness (QED) is 0.171. The summed E-state index contributed by atoms with van der Waals surface area (Å²) in [7, 11) is 0. The molecule has 0 amide bonds. The Morgan fingerprint density at radius 3 is 1.06 bits per heavy atom. The molecule has 1 nitrogen and oxygen atoms in total. The maximum Gasteiger partial charge on any atom is 0.0541 e. The number of rotatable bonds is 4. The molecule has 0 aliphatic carbocycles. The lowest BCUT2D eigenvalue weighted by Crippen LogP contribution is -2.10. The van der Waals surface area contributed by atoms with E-state index in [4.69, 9.17) is 0 Å². The van der Waals surface area contributed by atoms with Crippen LogP contribution in [0.15, 0.2) is 170 Å². The van der Waals surface area contributed by atoms with Crippen molar-refractivity contribution in [2.24, 2.45) is 0 Å². The van der Waals surface area contributed by atoms with Crippen LogP contribution in [0.2, 0.25) is 0 Å². The van der Waals surface area contributed by atoms with Crippen molar-refractivity contribution in [3.8, 4) is 39.1 Å². The fourth-order valence-corrected chi connectivity index (χ4v) is 7.72. The molecule has 8 aromatic carbocycles. The molecule has 0 N–H and O–H groups in total. The first kappa shape index (κ1) is 29.2. The molecule has 9 rings (SSSR count). The smallest absolute Gasteiger partial charge is 0.0541 e. The second-order valence-corrected chi connectivity index (χ2v) is 14.2. The molecule has 49 heavy (non-hydrogen) atoms. The topological polar surface area (TPSA) is 4.93 Å². The van der Waals surface area contributed by atoms with Crippen molar-refractivity contribution in [1.82, 2.24) is 4.57 Å². The van der Waals surface area contributed by atoms with E-state index in [1.54, 1.807) is 0 Å². The lowest BCUT2D eigenvalue weighted by Gasteiger charge is -2.21. The minimum Gasteiger partial charge on any atom is -0.309 e. The Bertz CT molecular complexity index is 2540. The lowest BCUT2D eigenvalue weighted by molar-refractivity contribution is 0.590. The van der Waals surface area contributed by atoms with Crippen LogP contribution in [0.1, 0.15) is 26.3 Å².